The molecule has 1 aromatic rings. The number of pyridine rings is 1. The second-order valence-electron chi connectivity index (χ2n) is 11.1. The molecule has 0 spiro atoms. The third-order valence-electron chi connectivity index (χ3n) is 7.36. The van der Waals surface area contributed by atoms with Crippen LogP contribution in [0.15, 0.2) is 37.1 Å². The molecular formula is C27H43N3O4SSi. The maximum atomic E-state index is 12.8. The quantitative estimate of drug-likeness (QED) is 0.163. The van der Waals surface area contributed by atoms with Crippen LogP contribution in [0.3, 0.4) is 0 Å². The zero-order valence-corrected chi connectivity index (χ0v) is 24.7. The second kappa shape index (κ2) is 12.9. The number of nitrogens with one attached hydrogen (secondary N) is 1. The van der Waals surface area contributed by atoms with E-state index in [0.29, 0.717) is 13.0 Å². The Hall–Kier alpha value is -2.10. The minimum absolute atomic E-state index is 0.0157. The topological polar surface area (TPSA) is 80.8 Å². The summed E-state index contributed by atoms with van der Waals surface area (Å²) in [5.41, 5.74) is 0.908. The van der Waals surface area contributed by atoms with Gasteiger partial charge in [-0.2, -0.15) is 0 Å². The molecule has 1 aliphatic heterocycles. The molecular weight excluding hydrogens is 490 g/mol. The smallest absolute Gasteiger partial charge is 0.409 e. The molecule has 1 N–H and O–H groups in total. The standard InChI is InChI=1S/C27H43N3O4SSi/c1-9-17-33-26(32)30(6)16-12-14-21(22(35)18-20-13-10-11-15-28-20)24-23(25(31)29-24)19(2)34-36(7,8)27(3,4)5/h9-11,13,15,19,21,23-24H,1,12,14,16-18H2,2-8H3,(H,29,31)/t19-,21+,23-,24-/m1/s1. The Labute approximate surface area is 223 Å². The van der Waals surface area contributed by atoms with E-state index in [4.69, 9.17) is 21.4 Å². The van der Waals surface area contributed by atoms with Gasteiger partial charge in [0, 0.05) is 42.7 Å². The Bertz CT molecular complexity index is 919. The molecule has 0 bridgehead atoms. The number of aromatic nitrogens is 1. The number of ether oxygens (including phenoxy) is 1. The van der Waals surface area contributed by atoms with E-state index in [2.05, 4.69) is 50.7 Å². The van der Waals surface area contributed by atoms with E-state index in [1.54, 1.807) is 24.2 Å². The summed E-state index contributed by atoms with van der Waals surface area (Å²) >= 11 is 5.93. The fourth-order valence-corrected chi connectivity index (χ4v) is 6.06. The van der Waals surface area contributed by atoms with Crippen LogP contribution in [-0.2, 0) is 20.4 Å². The van der Waals surface area contributed by atoms with E-state index < -0.39 is 8.32 Å². The fraction of sp³-hybridized carbons (Fsp3) is 0.630. The molecule has 0 aliphatic carbocycles. The predicted octanol–water partition coefficient (Wildman–Crippen LogP) is 5.17. The number of carbonyl (C=O) groups is 2. The van der Waals surface area contributed by atoms with Gasteiger partial charge in [0.1, 0.15) is 6.61 Å². The van der Waals surface area contributed by atoms with Gasteiger partial charge in [0.15, 0.2) is 8.32 Å². The van der Waals surface area contributed by atoms with Crippen LogP contribution in [0.1, 0.15) is 46.2 Å². The predicted molar refractivity (Wildman–Crippen MR) is 151 cm³/mol. The van der Waals surface area contributed by atoms with Crippen molar-refractivity contribution in [2.24, 2.45) is 11.8 Å². The SMILES string of the molecule is C=CCOC(=O)N(C)CCC[C@@H](C(=S)Cc1ccccn1)[C@H]1NC(=O)[C@@H]1[C@@H](C)O[Si](C)(C)C(C)(C)C. The zero-order valence-electron chi connectivity index (χ0n) is 22.9. The van der Waals surface area contributed by atoms with Crippen LogP contribution < -0.4 is 5.32 Å². The summed E-state index contributed by atoms with van der Waals surface area (Å²) < 4.78 is 11.7. The Morgan fingerprint density at radius 1 is 1.36 bits per heavy atom. The number of hydrogen-bond donors (Lipinski definition) is 1. The Morgan fingerprint density at radius 2 is 2.06 bits per heavy atom. The minimum atomic E-state index is -2.05. The number of nitrogens with zero attached hydrogens (tertiary/aromatic N) is 2. The van der Waals surface area contributed by atoms with Crippen LogP contribution in [0.4, 0.5) is 4.79 Å². The van der Waals surface area contributed by atoms with Crippen molar-refractivity contribution >= 4 is 37.4 Å². The maximum absolute atomic E-state index is 12.8. The first kappa shape index (κ1) is 30.1. The van der Waals surface area contributed by atoms with E-state index in [0.717, 1.165) is 23.4 Å². The van der Waals surface area contributed by atoms with Crippen LogP contribution in [0, 0.1) is 11.8 Å². The summed E-state index contributed by atoms with van der Waals surface area (Å²) in [6.07, 6.45) is 4.75. The molecule has 1 saturated heterocycles. The number of hydrogen-bond acceptors (Lipinski definition) is 6. The highest BCUT2D eigenvalue weighted by Gasteiger charge is 2.50. The summed E-state index contributed by atoms with van der Waals surface area (Å²) in [5.74, 6) is -0.282. The fourth-order valence-electron chi connectivity index (χ4n) is 4.22. The highest BCUT2D eigenvalue weighted by molar-refractivity contribution is 7.80. The van der Waals surface area contributed by atoms with Crippen molar-refractivity contribution in [2.45, 2.75) is 77.2 Å². The van der Waals surface area contributed by atoms with E-state index in [9.17, 15) is 9.59 Å². The molecule has 0 unspecified atom stereocenters. The van der Waals surface area contributed by atoms with E-state index in [1.165, 1.54) is 0 Å². The average Bonchev–Trinajstić information content (AvgIpc) is 2.78. The van der Waals surface area contributed by atoms with E-state index >= 15 is 0 Å². The molecule has 2 rings (SSSR count). The molecule has 7 nitrogen and oxygen atoms in total. The number of rotatable bonds is 13. The van der Waals surface area contributed by atoms with E-state index in [1.807, 2.05) is 25.1 Å². The third-order valence-corrected chi connectivity index (χ3v) is 12.4. The van der Waals surface area contributed by atoms with Crippen molar-refractivity contribution in [1.29, 1.82) is 0 Å². The number of amides is 2. The lowest BCUT2D eigenvalue weighted by Gasteiger charge is -2.48. The molecule has 0 saturated carbocycles. The second-order valence-corrected chi connectivity index (χ2v) is 16.4. The van der Waals surface area contributed by atoms with Gasteiger partial charge in [-0.3, -0.25) is 9.78 Å². The minimum Gasteiger partial charge on any atom is -0.445 e. The van der Waals surface area contributed by atoms with Crippen molar-refractivity contribution in [2.75, 3.05) is 20.2 Å². The molecule has 1 aromatic heterocycles. The van der Waals surface area contributed by atoms with Crippen molar-refractivity contribution in [3.05, 3.63) is 42.7 Å². The number of thiocarbonyl (C=S) groups is 1. The summed E-state index contributed by atoms with van der Waals surface area (Å²) in [6, 6.07) is 5.69. The molecule has 9 heteroatoms. The van der Waals surface area contributed by atoms with Gasteiger partial charge in [-0.15, -0.1) is 0 Å². The first-order valence-corrected chi connectivity index (χ1v) is 16.0. The lowest BCUT2D eigenvalue weighted by molar-refractivity contribution is -0.141. The van der Waals surface area contributed by atoms with Gasteiger partial charge in [-0.25, -0.2) is 4.79 Å². The van der Waals surface area contributed by atoms with Gasteiger partial charge in [0.25, 0.3) is 0 Å². The lowest BCUT2D eigenvalue weighted by atomic mass is 9.74. The molecule has 4 atom stereocenters. The first-order chi connectivity index (χ1) is 16.8. The first-order valence-electron chi connectivity index (χ1n) is 12.7. The molecule has 0 radical (unpaired) electrons. The normalized spacial score (nSPS) is 19.5. The summed E-state index contributed by atoms with van der Waals surface area (Å²) in [6.45, 7) is 17.3. The molecule has 1 fully saturated rings. The molecule has 1 aliphatic rings. The largest absolute Gasteiger partial charge is 0.445 e. The van der Waals surface area contributed by atoms with Crippen LogP contribution in [0.2, 0.25) is 18.1 Å². The zero-order chi connectivity index (χ0) is 27.1. The third kappa shape index (κ3) is 7.95. The Kier molecular flexibility index (Phi) is 10.8. The van der Waals surface area contributed by atoms with Crippen molar-refractivity contribution < 1.29 is 18.8 Å². The van der Waals surface area contributed by atoms with Gasteiger partial charge in [0.2, 0.25) is 5.91 Å². The Morgan fingerprint density at radius 3 is 2.61 bits per heavy atom. The lowest BCUT2D eigenvalue weighted by Crippen LogP contribution is -2.67. The van der Waals surface area contributed by atoms with Crippen molar-refractivity contribution in [3.8, 4) is 0 Å². The summed E-state index contributed by atoms with van der Waals surface area (Å²) in [7, 11) is -0.329. The highest BCUT2D eigenvalue weighted by Crippen LogP contribution is 2.40. The maximum Gasteiger partial charge on any atom is 0.409 e. The molecule has 2 heterocycles. The van der Waals surface area contributed by atoms with Crippen LogP contribution in [0.5, 0.6) is 0 Å². The number of β-lactam (4-membered cyclic amide) rings is 1. The van der Waals surface area contributed by atoms with Crippen LogP contribution >= 0.6 is 12.2 Å². The van der Waals surface area contributed by atoms with E-state index in [-0.39, 0.29) is 47.6 Å². The monoisotopic (exact) mass is 533 g/mol. The highest BCUT2D eigenvalue weighted by atomic mass is 32.1. The molecule has 36 heavy (non-hydrogen) atoms. The van der Waals surface area contributed by atoms with Crippen LogP contribution in [0.25, 0.3) is 0 Å². The van der Waals surface area contributed by atoms with Crippen molar-refractivity contribution in [3.63, 3.8) is 0 Å². The van der Waals surface area contributed by atoms with Gasteiger partial charge in [-0.1, -0.05) is 51.7 Å². The molecule has 0 aromatic carbocycles. The summed E-state index contributed by atoms with van der Waals surface area (Å²) in [4.78, 5) is 31.7. The van der Waals surface area contributed by atoms with Gasteiger partial charge < -0.3 is 19.4 Å². The van der Waals surface area contributed by atoms with Crippen LogP contribution in [-0.4, -0.2) is 67.4 Å². The average molecular weight is 534 g/mol. The summed E-state index contributed by atoms with van der Waals surface area (Å²) in [5, 5.41) is 3.18. The van der Waals surface area contributed by atoms with Gasteiger partial charge in [-0.05, 0) is 50.0 Å². The van der Waals surface area contributed by atoms with Gasteiger partial charge in [0.05, 0.1) is 18.1 Å². The Balaban J connectivity index is 2.15. The number of carbonyl (C=O) groups excluding carboxylic acids is 2. The van der Waals surface area contributed by atoms with Crippen molar-refractivity contribution in [1.82, 2.24) is 15.2 Å². The molecule has 200 valence electrons. The van der Waals surface area contributed by atoms with Gasteiger partial charge >= 0.3 is 6.09 Å². The molecule has 2 amide bonds.